The number of nitrogens with one attached hydrogen (secondary N) is 3. The summed E-state index contributed by atoms with van der Waals surface area (Å²) in [5.74, 6) is 1.26. The molecule has 0 aromatic carbocycles. The van der Waals surface area contributed by atoms with Gasteiger partial charge in [0.2, 0.25) is 0 Å². The van der Waals surface area contributed by atoms with Crippen LogP contribution in [0, 0.1) is 11.8 Å². The molecule has 7 atom stereocenters. The molecule has 4 fully saturated rings. The lowest BCUT2D eigenvalue weighted by atomic mass is 9.79. The maximum Gasteiger partial charge on any atom is 0.101 e. The number of ether oxygens (including phenoxy) is 1. The maximum absolute atomic E-state index is 6.26. The summed E-state index contributed by atoms with van der Waals surface area (Å²) in [6.07, 6.45) is 2.70. The van der Waals surface area contributed by atoms with Gasteiger partial charge in [0.05, 0.1) is 23.8 Å². The van der Waals surface area contributed by atoms with Crippen LogP contribution in [0.2, 0.25) is 0 Å². The van der Waals surface area contributed by atoms with Crippen LogP contribution in [0.15, 0.2) is 0 Å². The molecule has 7 unspecified atom stereocenters. The monoisotopic (exact) mass is 215 g/mol. The lowest BCUT2D eigenvalue weighted by molar-refractivity contribution is 0.247. The topological polar surface area (TPSA) is 48.6 Å². The minimum Gasteiger partial charge on any atom is -0.368 e. The van der Waals surface area contributed by atoms with Crippen LogP contribution in [-0.4, -0.2) is 36.6 Å². The minimum absolute atomic E-state index is 0.226. The zero-order valence-corrected chi connectivity index (χ0v) is 8.50. The van der Waals surface area contributed by atoms with Gasteiger partial charge in [0.25, 0.3) is 0 Å². The van der Waals surface area contributed by atoms with Crippen LogP contribution in [0.25, 0.3) is 0 Å². The van der Waals surface area contributed by atoms with Gasteiger partial charge in [-0.1, -0.05) is 0 Å². The van der Waals surface area contributed by atoms with Gasteiger partial charge >= 0.3 is 0 Å². The van der Waals surface area contributed by atoms with Crippen molar-refractivity contribution in [1.82, 2.24) is 16.0 Å². The van der Waals surface area contributed by atoms with Crippen molar-refractivity contribution in [2.75, 3.05) is 6.67 Å². The predicted octanol–water partition coefficient (Wildman–Crippen LogP) is -0.597. The third-order valence-electron chi connectivity index (χ3n) is 4.11. The molecular formula is C9H14ClN3O. The summed E-state index contributed by atoms with van der Waals surface area (Å²) >= 11 is 6.26. The van der Waals surface area contributed by atoms with E-state index >= 15 is 0 Å². The average Bonchev–Trinajstić information content (AvgIpc) is 2.94. The van der Waals surface area contributed by atoms with E-state index in [-0.39, 0.29) is 5.38 Å². The molecule has 2 bridgehead atoms. The molecule has 0 radical (unpaired) electrons. The van der Waals surface area contributed by atoms with Gasteiger partial charge in [0.1, 0.15) is 6.10 Å². The fraction of sp³-hybridized carbons (Fsp3) is 1.00. The Hall–Kier alpha value is 0.130. The largest absolute Gasteiger partial charge is 0.368 e. The Labute approximate surface area is 87.7 Å². The Kier molecular flexibility index (Phi) is 1.56. The lowest BCUT2D eigenvalue weighted by Crippen LogP contribution is -2.58. The van der Waals surface area contributed by atoms with E-state index < -0.39 is 0 Å². The van der Waals surface area contributed by atoms with Gasteiger partial charge in [-0.2, -0.15) is 0 Å². The summed E-state index contributed by atoms with van der Waals surface area (Å²) in [6.45, 7) is 0.902. The highest BCUT2D eigenvalue weighted by Gasteiger charge is 2.62. The number of alkyl halides is 1. The Morgan fingerprint density at radius 1 is 1.14 bits per heavy atom. The molecule has 1 aliphatic carbocycles. The van der Waals surface area contributed by atoms with Crippen molar-refractivity contribution in [3.05, 3.63) is 0 Å². The SMILES string of the molecule is ClC1CC2C3NCNC(N3)C2C2OC12. The molecule has 0 spiro atoms. The van der Waals surface area contributed by atoms with Gasteiger partial charge in [0.15, 0.2) is 0 Å². The molecule has 78 valence electrons. The van der Waals surface area contributed by atoms with Crippen molar-refractivity contribution in [2.45, 2.75) is 36.3 Å². The summed E-state index contributed by atoms with van der Waals surface area (Å²) in [4.78, 5) is 0. The van der Waals surface area contributed by atoms with Crippen molar-refractivity contribution < 1.29 is 4.74 Å². The quantitative estimate of drug-likeness (QED) is 0.373. The molecule has 3 saturated heterocycles. The second-order valence-corrected chi connectivity index (χ2v) is 5.33. The van der Waals surface area contributed by atoms with Gasteiger partial charge in [-0.15, -0.1) is 11.6 Å². The van der Waals surface area contributed by atoms with E-state index in [1.165, 1.54) is 0 Å². The molecule has 3 aliphatic heterocycles. The second-order valence-electron chi connectivity index (χ2n) is 4.77. The van der Waals surface area contributed by atoms with E-state index in [2.05, 4.69) is 16.0 Å². The fourth-order valence-corrected chi connectivity index (χ4v) is 3.85. The summed E-state index contributed by atoms with van der Waals surface area (Å²) < 4.78 is 5.67. The first-order chi connectivity index (χ1) is 6.84. The van der Waals surface area contributed by atoms with E-state index in [1.54, 1.807) is 0 Å². The van der Waals surface area contributed by atoms with E-state index in [0.717, 1.165) is 13.1 Å². The third kappa shape index (κ3) is 0.933. The minimum atomic E-state index is 0.226. The molecular weight excluding hydrogens is 202 g/mol. The Balaban J connectivity index is 1.68. The number of rotatable bonds is 0. The molecule has 4 aliphatic rings. The van der Waals surface area contributed by atoms with Crippen LogP contribution in [0.1, 0.15) is 6.42 Å². The number of fused-ring (bicyclic) bond motifs is 7. The van der Waals surface area contributed by atoms with Crippen LogP contribution < -0.4 is 16.0 Å². The van der Waals surface area contributed by atoms with Gasteiger partial charge in [-0.05, 0) is 12.3 Å². The van der Waals surface area contributed by atoms with Crippen molar-refractivity contribution in [3.8, 4) is 0 Å². The van der Waals surface area contributed by atoms with Crippen molar-refractivity contribution in [3.63, 3.8) is 0 Å². The summed E-state index contributed by atoms with van der Waals surface area (Å²) in [7, 11) is 0. The van der Waals surface area contributed by atoms with E-state index in [0.29, 0.717) is 36.4 Å². The number of hydrogen-bond donors (Lipinski definition) is 3. The van der Waals surface area contributed by atoms with Crippen molar-refractivity contribution >= 4 is 11.6 Å². The summed E-state index contributed by atoms with van der Waals surface area (Å²) in [6, 6.07) is 0. The molecule has 1 saturated carbocycles. The standard InChI is InChI=1S/C9H14ClN3O/c10-4-1-3-5(7-6(4)14-7)9-12-2-11-8(3)13-9/h3-9,11-13H,1-2H2. The first-order valence-electron chi connectivity index (χ1n) is 5.37. The Bertz CT molecular complexity index is 277. The number of hydrogen-bond acceptors (Lipinski definition) is 4. The van der Waals surface area contributed by atoms with E-state index in [1.807, 2.05) is 0 Å². The second kappa shape index (κ2) is 2.62. The van der Waals surface area contributed by atoms with Crippen LogP contribution >= 0.6 is 11.6 Å². The normalized spacial score (nSPS) is 64.5. The molecule has 0 aromatic rings. The first kappa shape index (κ1) is 8.30. The highest BCUT2D eigenvalue weighted by molar-refractivity contribution is 6.21. The number of halogens is 1. The smallest absolute Gasteiger partial charge is 0.101 e. The lowest BCUT2D eigenvalue weighted by Gasteiger charge is -2.27. The van der Waals surface area contributed by atoms with Crippen molar-refractivity contribution in [1.29, 1.82) is 0 Å². The molecule has 0 amide bonds. The molecule has 4 rings (SSSR count). The van der Waals surface area contributed by atoms with Crippen molar-refractivity contribution in [2.24, 2.45) is 11.8 Å². The van der Waals surface area contributed by atoms with Crippen LogP contribution in [0.4, 0.5) is 0 Å². The molecule has 5 heteroatoms. The first-order valence-corrected chi connectivity index (χ1v) is 5.80. The predicted molar refractivity (Wildman–Crippen MR) is 51.7 cm³/mol. The van der Waals surface area contributed by atoms with Gasteiger partial charge in [0, 0.05) is 12.6 Å². The summed E-state index contributed by atoms with van der Waals surface area (Å²) in [5.41, 5.74) is 0. The van der Waals surface area contributed by atoms with Crippen LogP contribution in [0.5, 0.6) is 0 Å². The number of epoxide rings is 1. The van der Waals surface area contributed by atoms with Crippen LogP contribution in [0.3, 0.4) is 0 Å². The molecule has 14 heavy (non-hydrogen) atoms. The van der Waals surface area contributed by atoms with Gasteiger partial charge < -0.3 is 4.74 Å². The molecule has 4 nitrogen and oxygen atoms in total. The van der Waals surface area contributed by atoms with E-state index in [9.17, 15) is 0 Å². The Morgan fingerprint density at radius 3 is 2.93 bits per heavy atom. The molecule has 0 aromatic heterocycles. The average molecular weight is 216 g/mol. The van der Waals surface area contributed by atoms with Gasteiger partial charge in [-0.25, -0.2) is 0 Å². The molecule has 3 heterocycles. The van der Waals surface area contributed by atoms with E-state index in [4.69, 9.17) is 16.3 Å². The van der Waals surface area contributed by atoms with Gasteiger partial charge in [-0.3, -0.25) is 16.0 Å². The third-order valence-corrected chi connectivity index (χ3v) is 4.53. The highest BCUT2D eigenvalue weighted by Crippen LogP contribution is 2.50. The zero-order valence-electron chi connectivity index (χ0n) is 7.74. The Morgan fingerprint density at radius 2 is 2.00 bits per heavy atom. The highest BCUT2D eigenvalue weighted by atomic mass is 35.5. The molecule has 3 N–H and O–H groups in total. The maximum atomic E-state index is 6.26. The van der Waals surface area contributed by atoms with Crippen LogP contribution in [-0.2, 0) is 4.74 Å². The summed E-state index contributed by atoms with van der Waals surface area (Å²) in [5, 5.41) is 10.6. The zero-order chi connectivity index (χ0) is 9.28. The fourth-order valence-electron chi connectivity index (χ4n) is 3.44.